The van der Waals surface area contributed by atoms with Crippen molar-refractivity contribution in [2.45, 2.75) is 24.8 Å². The first kappa shape index (κ1) is 23.1. The largest absolute Gasteiger partial charge is 0.468 e. The minimum atomic E-state index is -1.47. The topological polar surface area (TPSA) is 133 Å². The van der Waals surface area contributed by atoms with Crippen LogP contribution in [0, 0.1) is 27.9 Å². The van der Waals surface area contributed by atoms with Crippen LogP contribution in [0.1, 0.15) is 11.9 Å². The third-order valence-electron chi connectivity index (χ3n) is 5.55. The number of hydrogen-bond donors (Lipinski definition) is 0. The molecule has 2 heterocycles. The number of nitro groups is 1. The van der Waals surface area contributed by atoms with E-state index in [1.54, 1.807) is 12.1 Å². The number of nitrogens with zero attached hydrogens (tertiary/aromatic N) is 1. The van der Waals surface area contributed by atoms with E-state index in [9.17, 15) is 19.7 Å². The molecule has 3 rings (SSSR count). The van der Waals surface area contributed by atoms with E-state index < -0.39 is 65.9 Å². The highest BCUT2D eigenvalue weighted by molar-refractivity contribution is 5.95. The van der Waals surface area contributed by atoms with E-state index in [0.717, 1.165) is 14.2 Å². The molecule has 0 aliphatic carbocycles. The lowest BCUT2D eigenvalue weighted by Crippen LogP contribution is -2.62. The molecule has 2 saturated heterocycles. The zero-order chi connectivity index (χ0) is 22.5. The summed E-state index contributed by atoms with van der Waals surface area (Å²) in [6.07, 6.45) is -3.48. The summed E-state index contributed by atoms with van der Waals surface area (Å²) < 4.78 is 32.7. The zero-order valence-corrected chi connectivity index (χ0v) is 17.4. The Hall–Kier alpha value is -2.60. The van der Waals surface area contributed by atoms with E-state index in [-0.39, 0.29) is 6.61 Å². The molecule has 6 atom stereocenters. The van der Waals surface area contributed by atoms with Crippen LogP contribution < -0.4 is 0 Å². The van der Waals surface area contributed by atoms with Crippen molar-refractivity contribution in [2.24, 2.45) is 17.8 Å². The molecule has 0 spiro atoms. The van der Waals surface area contributed by atoms with Gasteiger partial charge in [-0.2, -0.15) is 0 Å². The van der Waals surface area contributed by atoms with Gasteiger partial charge in [-0.15, -0.1) is 0 Å². The molecule has 170 valence electrons. The number of carbonyl (C=O) groups is 2. The van der Waals surface area contributed by atoms with Gasteiger partial charge in [0.1, 0.15) is 6.10 Å². The van der Waals surface area contributed by atoms with Gasteiger partial charge in [0.15, 0.2) is 18.5 Å². The number of ether oxygens (including phenoxy) is 6. The fourth-order valence-electron chi connectivity index (χ4n) is 4.20. The Labute approximate surface area is 178 Å². The van der Waals surface area contributed by atoms with Crippen LogP contribution in [-0.4, -0.2) is 69.8 Å². The number of methoxy groups -OCH3 is 3. The Bertz CT molecular complexity index is 771. The first-order valence-electron chi connectivity index (χ1n) is 9.69. The Kier molecular flexibility index (Phi) is 7.55. The standard InChI is InChI=1S/C20H25NO10/c1-26-17(22)15(18(23)27-2)14-12(9-21(24)25)20(28-3)30-13-10-29-19(31-16(13)14)11-7-5-4-6-8-11/h4-8,12-16,19-20H,9-10H2,1-3H3/t12-,13+,14+,16+,19?,20-/m0/s1. The molecular weight excluding hydrogens is 414 g/mol. The SMILES string of the molecule is COC(=O)C(C(=O)OC)[C@H]1[C@H](C[N+](=O)[O-])[C@@H](OC)O[C@@H]2COC(c3ccccc3)O[C@@H]12. The Balaban J connectivity index is 2.03. The van der Waals surface area contributed by atoms with Crippen LogP contribution >= 0.6 is 0 Å². The van der Waals surface area contributed by atoms with E-state index in [1.165, 1.54) is 7.11 Å². The second kappa shape index (κ2) is 10.1. The maximum Gasteiger partial charge on any atom is 0.320 e. The molecule has 31 heavy (non-hydrogen) atoms. The molecule has 0 N–H and O–H groups in total. The number of carbonyl (C=O) groups excluding carboxylic acids is 2. The van der Waals surface area contributed by atoms with Gasteiger partial charge < -0.3 is 28.4 Å². The van der Waals surface area contributed by atoms with Gasteiger partial charge in [-0.3, -0.25) is 19.7 Å². The molecule has 2 fully saturated rings. The van der Waals surface area contributed by atoms with Crippen LogP contribution in [0.4, 0.5) is 0 Å². The molecule has 0 bridgehead atoms. The Morgan fingerprint density at radius 3 is 2.32 bits per heavy atom. The lowest BCUT2D eigenvalue weighted by molar-refractivity contribution is -0.503. The summed E-state index contributed by atoms with van der Waals surface area (Å²) in [5.41, 5.74) is 0.715. The summed E-state index contributed by atoms with van der Waals surface area (Å²) in [5.74, 6) is -5.23. The molecule has 11 heteroatoms. The van der Waals surface area contributed by atoms with Gasteiger partial charge in [0.2, 0.25) is 6.54 Å². The van der Waals surface area contributed by atoms with E-state index >= 15 is 0 Å². The summed E-state index contributed by atoms with van der Waals surface area (Å²) in [4.78, 5) is 36.1. The normalized spacial score (nSPS) is 30.3. The van der Waals surface area contributed by atoms with Gasteiger partial charge in [-0.1, -0.05) is 30.3 Å². The second-order valence-electron chi connectivity index (χ2n) is 7.24. The summed E-state index contributed by atoms with van der Waals surface area (Å²) in [6.45, 7) is -0.544. The molecule has 0 aromatic heterocycles. The molecule has 1 aromatic rings. The first-order chi connectivity index (χ1) is 14.9. The van der Waals surface area contributed by atoms with Gasteiger partial charge in [0.05, 0.1) is 32.8 Å². The minimum absolute atomic E-state index is 0.0703. The molecule has 2 aliphatic rings. The van der Waals surface area contributed by atoms with Crippen LogP contribution in [-0.2, 0) is 38.0 Å². The molecule has 0 saturated carbocycles. The van der Waals surface area contributed by atoms with Crippen molar-refractivity contribution in [3.63, 3.8) is 0 Å². The predicted molar refractivity (Wildman–Crippen MR) is 102 cm³/mol. The predicted octanol–water partition coefficient (Wildman–Crippen LogP) is 0.943. The summed E-state index contributed by atoms with van der Waals surface area (Å²) in [7, 11) is 3.59. The molecule has 11 nitrogen and oxygen atoms in total. The van der Waals surface area contributed by atoms with Crippen molar-refractivity contribution in [2.75, 3.05) is 34.5 Å². The number of benzene rings is 1. The number of fused-ring (bicyclic) bond motifs is 1. The van der Waals surface area contributed by atoms with Crippen LogP contribution in [0.3, 0.4) is 0 Å². The highest BCUT2D eigenvalue weighted by atomic mass is 16.7. The van der Waals surface area contributed by atoms with Crippen molar-refractivity contribution < 1.29 is 42.9 Å². The zero-order valence-electron chi connectivity index (χ0n) is 17.4. The van der Waals surface area contributed by atoms with E-state index in [2.05, 4.69) is 0 Å². The number of esters is 2. The minimum Gasteiger partial charge on any atom is -0.468 e. The van der Waals surface area contributed by atoms with E-state index in [1.807, 2.05) is 18.2 Å². The van der Waals surface area contributed by atoms with Gasteiger partial charge in [0, 0.05) is 23.5 Å². The van der Waals surface area contributed by atoms with Gasteiger partial charge in [0.25, 0.3) is 0 Å². The highest BCUT2D eigenvalue weighted by Crippen LogP contribution is 2.43. The third-order valence-corrected chi connectivity index (χ3v) is 5.55. The van der Waals surface area contributed by atoms with Gasteiger partial charge in [-0.25, -0.2) is 0 Å². The summed E-state index contributed by atoms with van der Waals surface area (Å²) in [5, 5.41) is 11.4. The maximum atomic E-state index is 12.6. The molecule has 1 aromatic carbocycles. The van der Waals surface area contributed by atoms with Crippen molar-refractivity contribution >= 4 is 11.9 Å². The fourth-order valence-corrected chi connectivity index (χ4v) is 4.20. The van der Waals surface area contributed by atoms with E-state index in [0.29, 0.717) is 5.56 Å². The fraction of sp³-hybridized carbons (Fsp3) is 0.600. The molecular formula is C20H25NO10. The Morgan fingerprint density at radius 1 is 1.13 bits per heavy atom. The van der Waals surface area contributed by atoms with Crippen molar-refractivity contribution in [1.82, 2.24) is 0 Å². The number of rotatable bonds is 7. The average molecular weight is 439 g/mol. The van der Waals surface area contributed by atoms with Crippen LogP contribution in [0.15, 0.2) is 30.3 Å². The monoisotopic (exact) mass is 439 g/mol. The molecule has 0 radical (unpaired) electrons. The smallest absolute Gasteiger partial charge is 0.320 e. The molecule has 2 aliphatic heterocycles. The lowest BCUT2D eigenvalue weighted by atomic mass is 9.73. The first-order valence-corrected chi connectivity index (χ1v) is 9.69. The quantitative estimate of drug-likeness (QED) is 0.262. The van der Waals surface area contributed by atoms with Crippen molar-refractivity contribution in [1.29, 1.82) is 0 Å². The Morgan fingerprint density at radius 2 is 1.77 bits per heavy atom. The third kappa shape index (κ3) is 4.85. The van der Waals surface area contributed by atoms with Crippen LogP contribution in [0.2, 0.25) is 0 Å². The van der Waals surface area contributed by atoms with Gasteiger partial charge in [-0.05, 0) is 0 Å². The molecule has 1 unspecified atom stereocenters. The van der Waals surface area contributed by atoms with Crippen LogP contribution in [0.25, 0.3) is 0 Å². The second-order valence-corrected chi connectivity index (χ2v) is 7.24. The highest BCUT2D eigenvalue weighted by Gasteiger charge is 2.58. The number of hydrogen-bond acceptors (Lipinski definition) is 10. The average Bonchev–Trinajstić information content (AvgIpc) is 2.79. The van der Waals surface area contributed by atoms with Crippen molar-refractivity contribution in [3.05, 3.63) is 46.0 Å². The lowest BCUT2D eigenvalue weighted by Gasteiger charge is -2.49. The summed E-state index contributed by atoms with van der Waals surface area (Å²) in [6, 6.07) is 9.06. The van der Waals surface area contributed by atoms with Crippen LogP contribution in [0.5, 0.6) is 0 Å². The van der Waals surface area contributed by atoms with Crippen molar-refractivity contribution in [3.8, 4) is 0 Å². The van der Waals surface area contributed by atoms with Gasteiger partial charge >= 0.3 is 11.9 Å². The summed E-state index contributed by atoms with van der Waals surface area (Å²) >= 11 is 0. The molecule has 0 amide bonds. The van der Waals surface area contributed by atoms with E-state index in [4.69, 9.17) is 28.4 Å². The maximum absolute atomic E-state index is 12.6.